The van der Waals surface area contributed by atoms with E-state index in [1.165, 1.54) is 11.1 Å². The molecule has 0 saturated heterocycles. The number of rotatable bonds is 2. The van der Waals surface area contributed by atoms with Crippen LogP contribution in [0.15, 0.2) is 49.1 Å². The summed E-state index contributed by atoms with van der Waals surface area (Å²) in [7, 11) is 0. The van der Waals surface area contributed by atoms with Crippen LogP contribution >= 0.6 is 0 Å². The van der Waals surface area contributed by atoms with Crippen LogP contribution in [-0.2, 0) is 0 Å². The van der Waals surface area contributed by atoms with Gasteiger partial charge in [-0.15, -0.1) is 13.2 Å². The molecule has 0 fully saturated rings. The highest BCUT2D eigenvalue weighted by molar-refractivity contribution is 5.36. The van der Waals surface area contributed by atoms with Crippen LogP contribution in [0.4, 0.5) is 0 Å². The van der Waals surface area contributed by atoms with Gasteiger partial charge in [0.2, 0.25) is 0 Å². The molecular formula is C11H18. The van der Waals surface area contributed by atoms with Crippen LogP contribution in [0.5, 0.6) is 0 Å². The van der Waals surface area contributed by atoms with Crippen molar-refractivity contribution < 1.29 is 0 Å². The average Bonchev–Trinajstić information content (AvgIpc) is 2.10. The van der Waals surface area contributed by atoms with Gasteiger partial charge in [-0.3, -0.25) is 0 Å². The molecule has 0 N–H and O–H groups in total. The fourth-order valence-corrected chi connectivity index (χ4v) is 0.673. The van der Waals surface area contributed by atoms with E-state index in [-0.39, 0.29) is 0 Å². The quantitative estimate of drug-likeness (QED) is 0.414. The maximum absolute atomic E-state index is 3.69. The van der Waals surface area contributed by atoms with Crippen LogP contribution in [0.3, 0.4) is 0 Å². The molecule has 0 radical (unpaired) electrons. The van der Waals surface area contributed by atoms with Crippen molar-refractivity contribution in [3.8, 4) is 0 Å². The molecule has 0 aromatic rings. The van der Waals surface area contributed by atoms with Crippen molar-refractivity contribution in [1.82, 2.24) is 0 Å². The summed E-state index contributed by atoms with van der Waals surface area (Å²) in [5.74, 6) is 0. The molecule has 0 unspecified atom stereocenters. The molecule has 0 rings (SSSR count). The van der Waals surface area contributed by atoms with Gasteiger partial charge in [0.1, 0.15) is 0 Å². The van der Waals surface area contributed by atoms with Crippen LogP contribution < -0.4 is 0 Å². The molecular weight excluding hydrogens is 132 g/mol. The van der Waals surface area contributed by atoms with E-state index < -0.39 is 0 Å². The van der Waals surface area contributed by atoms with Crippen LogP contribution in [0.1, 0.15) is 20.8 Å². The monoisotopic (exact) mass is 150 g/mol. The number of allylic oxidation sites excluding steroid dienone is 5. The van der Waals surface area contributed by atoms with Gasteiger partial charge >= 0.3 is 0 Å². The van der Waals surface area contributed by atoms with Crippen LogP contribution in [0, 0.1) is 0 Å². The SMILES string of the molecule is C=C.C=CC(=C/C)/C(C)=C\C. The van der Waals surface area contributed by atoms with Gasteiger partial charge in [-0.2, -0.15) is 0 Å². The molecule has 0 spiro atoms. The fourth-order valence-electron chi connectivity index (χ4n) is 0.673. The highest BCUT2D eigenvalue weighted by Crippen LogP contribution is 2.08. The predicted molar refractivity (Wildman–Crippen MR) is 54.6 cm³/mol. The molecule has 0 atom stereocenters. The van der Waals surface area contributed by atoms with Gasteiger partial charge in [0.25, 0.3) is 0 Å². The Balaban J connectivity index is 0. The van der Waals surface area contributed by atoms with Gasteiger partial charge in [0.05, 0.1) is 0 Å². The maximum atomic E-state index is 3.69. The minimum absolute atomic E-state index is 1.22. The first-order valence-corrected chi connectivity index (χ1v) is 3.68. The average molecular weight is 150 g/mol. The topological polar surface area (TPSA) is 0 Å². The molecule has 62 valence electrons. The zero-order valence-electron chi connectivity index (χ0n) is 7.85. The van der Waals surface area contributed by atoms with Crippen molar-refractivity contribution in [2.24, 2.45) is 0 Å². The lowest BCUT2D eigenvalue weighted by atomic mass is 10.1. The molecule has 0 aromatic heterocycles. The van der Waals surface area contributed by atoms with E-state index in [9.17, 15) is 0 Å². The summed E-state index contributed by atoms with van der Waals surface area (Å²) in [6, 6.07) is 0. The standard InChI is InChI=1S/C9H14.C2H4/c1-5-8(4)9(6-2)7-3;1-2/h5-7H,2H2,1,3-4H3;1-2H2/b8-5-,9-7-;. The second-order valence-corrected chi connectivity index (χ2v) is 1.92. The summed E-state index contributed by atoms with van der Waals surface area (Å²) < 4.78 is 0. The fraction of sp³-hybridized carbons (Fsp3) is 0.273. The van der Waals surface area contributed by atoms with Gasteiger partial charge in [0, 0.05) is 0 Å². The summed E-state index contributed by atoms with van der Waals surface area (Å²) in [4.78, 5) is 0. The molecule has 0 aliphatic rings. The van der Waals surface area contributed by atoms with Gasteiger partial charge in [-0.25, -0.2) is 0 Å². The maximum Gasteiger partial charge on any atom is -0.0279 e. The lowest BCUT2D eigenvalue weighted by Crippen LogP contribution is -1.77. The zero-order valence-corrected chi connectivity index (χ0v) is 7.85. The Morgan fingerprint density at radius 1 is 1.09 bits per heavy atom. The highest BCUT2D eigenvalue weighted by Gasteiger charge is 1.88. The minimum Gasteiger partial charge on any atom is -0.106 e. The first-order valence-electron chi connectivity index (χ1n) is 3.68. The van der Waals surface area contributed by atoms with Crippen molar-refractivity contribution in [2.45, 2.75) is 20.8 Å². The van der Waals surface area contributed by atoms with E-state index in [1.807, 2.05) is 19.9 Å². The number of hydrogen-bond acceptors (Lipinski definition) is 0. The molecule has 11 heavy (non-hydrogen) atoms. The van der Waals surface area contributed by atoms with Crippen LogP contribution in [0.2, 0.25) is 0 Å². The Kier molecular flexibility index (Phi) is 10.3. The van der Waals surface area contributed by atoms with Gasteiger partial charge < -0.3 is 0 Å². The lowest BCUT2D eigenvalue weighted by Gasteiger charge is -1.97. The lowest BCUT2D eigenvalue weighted by molar-refractivity contribution is 1.38. The van der Waals surface area contributed by atoms with Crippen molar-refractivity contribution in [3.05, 3.63) is 49.1 Å². The molecule has 0 aliphatic carbocycles. The van der Waals surface area contributed by atoms with E-state index in [2.05, 4.69) is 38.8 Å². The Morgan fingerprint density at radius 2 is 1.55 bits per heavy atom. The van der Waals surface area contributed by atoms with E-state index >= 15 is 0 Å². The molecule has 0 amide bonds. The first-order chi connectivity index (χ1) is 5.26. The molecule has 0 heterocycles. The minimum atomic E-state index is 1.22. The summed E-state index contributed by atoms with van der Waals surface area (Å²) in [6.07, 6.45) is 6.01. The third kappa shape index (κ3) is 5.41. The molecule has 0 bridgehead atoms. The summed E-state index contributed by atoms with van der Waals surface area (Å²) >= 11 is 0. The van der Waals surface area contributed by atoms with Crippen molar-refractivity contribution in [2.75, 3.05) is 0 Å². The summed E-state index contributed by atoms with van der Waals surface area (Å²) in [5, 5.41) is 0. The van der Waals surface area contributed by atoms with Crippen molar-refractivity contribution in [1.29, 1.82) is 0 Å². The van der Waals surface area contributed by atoms with Gasteiger partial charge in [-0.1, -0.05) is 24.8 Å². The third-order valence-corrected chi connectivity index (χ3v) is 1.42. The van der Waals surface area contributed by atoms with E-state index in [0.717, 1.165) is 0 Å². The zero-order chi connectivity index (χ0) is 9.28. The molecule has 0 aliphatic heterocycles. The molecule has 0 aromatic carbocycles. The molecule has 0 heteroatoms. The van der Waals surface area contributed by atoms with E-state index in [1.54, 1.807) is 0 Å². The van der Waals surface area contributed by atoms with E-state index in [4.69, 9.17) is 0 Å². The Morgan fingerprint density at radius 3 is 1.64 bits per heavy atom. The van der Waals surface area contributed by atoms with Gasteiger partial charge in [0.15, 0.2) is 0 Å². The Labute approximate surface area is 70.6 Å². The Bertz CT molecular complexity index is 159. The van der Waals surface area contributed by atoms with Crippen LogP contribution in [0.25, 0.3) is 0 Å². The third-order valence-electron chi connectivity index (χ3n) is 1.42. The van der Waals surface area contributed by atoms with E-state index in [0.29, 0.717) is 0 Å². The smallest absolute Gasteiger partial charge is 0.0279 e. The van der Waals surface area contributed by atoms with Crippen molar-refractivity contribution >= 4 is 0 Å². The van der Waals surface area contributed by atoms with Crippen LogP contribution in [-0.4, -0.2) is 0 Å². The number of hydrogen-bond donors (Lipinski definition) is 0. The summed E-state index contributed by atoms with van der Waals surface area (Å²) in [6.45, 7) is 15.8. The molecule has 0 saturated carbocycles. The largest absolute Gasteiger partial charge is 0.106 e. The van der Waals surface area contributed by atoms with Crippen molar-refractivity contribution in [3.63, 3.8) is 0 Å². The second-order valence-electron chi connectivity index (χ2n) is 1.92. The summed E-state index contributed by atoms with van der Waals surface area (Å²) in [5.41, 5.74) is 2.50. The normalized spacial score (nSPS) is 11.5. The first kappa shape index (κ1) is 12.6. The molecule has 0 nitrogen and oxygen atoms in total. The predicted octanol–water partition coefficient (Wildman–Crippen LogP) is 3.89. The van der Waals surface area contributed by atoms with Gasteiger partial charge in [-0.05, 0) is 31.9 Å². The Hall–Kier alpha value is -1.04. The second kappa shape index (κ2) is 8.96. The highest BCUT2D eigenvalue weighted by atomic mass is 13.9.